The van der Waals surface area contributed by atoms with Gasteiger partial charge in [-0.3, -0.25) is 4.79 Å². The maximum Gasteiger partial charge on any atom is 0.420 e. The van der Waals surface area contributed by atoms with Crippen LogP contribution in [0.25, 0.3) is 0 Å². The lowest BCUT2D eigenvalue weighted by molar-refractivity contribution is -0.294. The number of aliphatic hydroxyl groups is 1. The van der Waals surface area contributed by atoms with Crippen LogP contribution in [0.15, 0.2) is 12.1 Å². The molecule has 4 rings (SSSR count). The predicted molar refractivity (Wildman–Crippen MR) is 86.5 cm³/mol. The first-order valence-corrected chi connectivity index (χ1v) is 8.82. The molecule has 0 aromatic carbocycles. The number of pyridine rings is 1. The summed E-state index contributed by atoms with van der Waals surface area (Å²) in [6.45, 7) is -2.41. The zero-order valence-corrected chi connectivity index (χ0v) is 14.7. The zero-order chi connectivity index (χ0) is 20.3. The lowest BCUT2D eigenvalue weighted by Gasteiger charge is -2.46. The van der Waals surface area contributed by atoms with Gasteiger partial charge in [0.25, 0.3) is 11.8 Å². The SMILES string of the molecule is O=C(c1ccc(N2CC(F)(F)C2)c(OCC2CC2)n1)N1CC(O)(C(F)(F)F)C1. The van der Waals surface area contributed by atoms with Gasteiger partial charge in [0.2, 0.25) is 5.88 Å². The quantitative estimate of drug-likeness (QED) is 0.758. The van der Waals surface area contributed by atoms with Crippen molar-refractivity contribution >= 4 is 11.6 Å². The largest absolute Gasteiger partial charge is 0.476 e. The molecule has 1 saturated carbocycles. The molecule has 0 bridgehead atoms. The van der Waals surface area contributed by atoms with Crippen LogP contribution in [-0.4, -0.2) is 71.4 Å². The van der Waals surface area contributed by atoms with Crippen LogP contribution < -0.4 is 9.64 Å². The standard InChI is InChI=1S/C17H18F5N3O3/c18-16(19)8-24(9-16)12-4-3-11(23-13(12)28-5-10-1-2-10)14(26)25-6-15(27,7-25)17(20,21)22/h3-4,10,27H,1-2,5-9H2. The van der Waals surface area contributed by atoms with Crippen molar-refractivity contribution in [1.82, 2.24) is 9.88 Å². The van der Waals surface area contributed by atoms with Crippen LogP contribution in [0.1, 0.15) is 23.3 Å². The molecule has 11 heteroatoms. The van der Waals surface area contributed by atoms with Gasteiger partial charge in [0.15, 0.2) is 5.60 Å². The Kier molecular flexibility index (Phi) is 4.22. The highest BCUT2D eigenvalue weighted by atomic mass is 19.4. The molecule has 1 aromatic heterocycles. The number of hydrogen-bond acceptors (Lipinski definition) is 5. The Morgan fingerprint density at radius 3 is 2.39 bits per heavy atom. The van der Waals surface area contributed by atoms with E-state index in [1.165, 1.54) is 17.0 Å². The molecule has 1 aromatic rings. The van der Waals surface area contributed by atoms with E-state index in [0.717, 1.165) is 17.7 Å². The maximum atomic E-state index is 13.2. The number of carbonyl (C=O) groups is 1. The molecule has 0 atom stereocenters. The third kappa shape index (κ3) is 3.47. The highest BCUT2D eigenvalue weighted by Crippen LogP contribution is 2.40. The molecule has 3 fully saturated rings. The average Bonchev–Trinajstić information content (AvgIpc) is 3.37. The molecule has 0 radical (unpaired) electrons. The molecule has 2 aliphatic heterocycles. The Bertz CT molecular complexity index is 783. The van der Waals surface area contributed by atoms with E-state index in [4.69, 9.17) is 4.74 Å². The summed E-state index contributed by atoms with van der Waals surface area (Å²) in [6, 6.07) is 2.68. The second-order valence-corrected chi connectivity index (χ2v) is 7.68. The number of β-amino-alcohol motifs (C(OH)–C–C–N with tert-alkyl or cyclic N) is 1. The van der Waals surface area contributed by atoms with Crippen molar-refractivity contribution < 1.29 is 36.6 Å². The number of nitrogens with zero attached hydrogens (tertiary/aromatic N) is 3. The van der Waals surface area contributed by atoms with Gasteiger partial charge in [0.05, 0.1) is 32.8 Å². The fourth-order valence-electron chi connectivity index (χ4n) is 3.13. The Hall–Kier alpha value is -2.17. The number of alkyl halides is 5. The van der Waals surface area contributed by atoms with E-state index in [-0.39, 0.29) is 11.6 Å². The van der Waals surface area contributed by atoms with Crippen LogP contribution in [0.4, 0.5) is 27.6 Å². The van der Waals surface area contributed by atoms with Crippen LogP contribution in [-0.2, 0) is 0 Å². The number of ether oxygens (including phenoxy) is 1. The first-order chi connectivity index (χ1) is 13.0. The van der Waals surface area contributed by atoms with Gasteiger partial charge < -0.3 is 19.6 Å². The summed E-state index contributed by atoms with van der Waals surface area (Å²) >= 11 is 0. The van der Waals surface area contributed by atoms with Gasteiger partial charge in [-0.05, 0) is 30.9 Å². The maximum absolute atomic E-state index is 13.2. The van der Waals surface area contributed by atoms with Crippen LogP contribution in [0.3, 0.4) is 0 Å². The van der Waals surface area contributed by atoms with Gasteiger partial charge in [0, 0.05) is 0 Å². The fraction of sp³-hybridized carbons (Fsp3) is 0.647. The lowest BCUT2D eigenvalue weighted by Crippen LogP contribution is -2.70. The second kappa shape index (κ2) is 6.16. The van der Waals surface area contributed by atoms with Crippen molar-refractivity contribution in [2.24, 2.45) is 5.92 Å². The summed E-state index contributed by atoms with van der Waals surface area (Å²) in [4.78, 5) is 18.7. The molecular weight excluding hydrogens is 389 g/mol. The molecule has 2 saturated heterocycles. The molecule has 0 unspecified atom stereocenters. The Morgan fingerprint density at radius 1 is 1.21 bits per heavy atom. The molecule has 1 N–H and O–H groups in total. The summed E-state index contributed by atoms with van der Waals surface area (Å²) in [6.07, 6.45) is -2.86. The summed E-state index contributed by atoms with van der Waals surface area (Å²) in [5.74, 6) is -3.23. The van der Waals surface area contributed by atoms with Crippen molar-refractivity contribution in [2.75, 3.05) is 37.7 Å². The van der Waals surface area contributed by atoms with Crippen molar-refractivity contribution in [3.63, 3.8) is 0 Å². The number of rotatable bonds is 5. The summed E-state index contributed by atoms with van der Waals surface area (Å²) < 4.78 is 70.2. The van der Waals surface area contributed by atoms with Gasteiger partial charge >= 0.3 is 6.18 Å². The minimum absolute atomic E-state index is 0.0138. The van der Waals surface area contributed by atoms with Gasteiger partial charge in [0.1, 0.15) is 11.4 Å². The molecule has 3 aliphatic rings. The molecule has 3 heterocycles. The first kappa shape index (κ1) is 19.2. The molecular formula is C17H18F5N3O3. The molecule has 154 valence electrons. The number of halogens is 5. The van der Waals surface area contributed by atoms with E-state index in [0.29, 0.717) is 18.2 Å². The predicted octanol–water partition coefficient (Wildman–Crippen LogP) is 2.07. The van der Waals surface area contributed by atoms with Crippen molar-refractivity contribution in [3.8, 4) is 5.88 Å². The topological polar surface area (TPSA) is 65.9 Å². The normalized spacial score (nSPS) is 23.1. The number of likely N-dealkylation sites (tertiary alicyclic amines) is 1. The Balaban J connectivity index is 1.50. The van der Waals surface area contributed by atoms with Gasteiger partial charge in [-0.15, -0.1) is 0 Å². The number of amides is 1. The monoisotopic (exact) mass is 407 g/mol. The van der Waals surface area contributed by atoms with E-state index >= 15 is 0 Å². The smallest absolute Gasteiger partial charge is 0.420 e. The second-order valence-electron chi connectivity index (χ2n) is 7.68. The number of aromatic nitrogens is 1. The van der Waals surface area contributed by atoms with E-state index in [9.17, 15) is 31.9 Å². The van der Waals surface area contributed by atoms with Crippen LogP contribution >= 0.6 is 0 Å². The summed E-state index contributed by atoms with van der Waals surface area (Å²) in [5.41, 5.74) is -2.76. The van der Waals surface area contributed by atoms with Crippen LogP contribution in [0, 0.1) is 5.92 Å². The molecule has 1 aliphatic carbocycles. The minimum atomic E-state index is -4.83. The van der Waals surface area contributed by atoms with Crippen molar-refractivity contribution in [2.45, 2.75) is 30.5 Å². The van der Waals surface area contributed by atoms with E-state index in [2.05, 4.69) is 4.98 Å². The highest BCUT2D eigenvalue weighted by molar-refractivity contribution is 5.93. The minimum Gasteiger partial charge on any atom is -0.476 e. The van der Waals surface area contributed by atoms with Crippen LogP contribution in [0.2, 0.25) is 0 Å². The highest BCUT2D eigenvalue weighted by Gasteiger charge is 2.62. The average molecular weight is 407 g/mol. The Labute approximate surface area is 156 Å². The van der Waals surface area contributed by atoms with E-state index in [1.54, 1.807) is 0 Å². The molecule has 6 nitrogen and oxygen atoms in total. The lowest BCUT2D eigenvalue weighted by atomic mass is 9.93. The van der Waals surface area contributed by atoms with Gasteiger partial charge in [-0.25, -0.2) is 13.8 Å². The third-order valence-electron chi connectivity index (χ3n) is 5.12. The Morgan fingerprint density at radius 2 is 1.86 bits per heavy atom. The third-order valence-corrected chi connectivity index (χ3v) is 5.12. The number of anilines is 1. The number of carbonyl (C=O) groups excluding carboxylic acids is 1. The van der Waals surface area contributed by atoms with E-state index < -0.39 is 49.8 Å². The van der Waals surface area contributed by atoms with Crippen molar-refractivity contribution in [3.05, 3.63) is 17.8 Å². The van der Waals surface area contributed by atoms with Gasteiger partial charge in [-0.2, -0.15) is 13.2 Å². The summed E-state index contributed by atoms with van der Waals surface area (Å²) in [5, 5.41) is 9.48. The molecule has 0 spiro atoms. The van der Waals surface area contributed by atoms with E-state index in [1.807, 2.05) is 0 Å². The van der Waals surface area contributed by atoms with Crippen molar-refractivity contribution in [1.29, 1.82) is 0 Å². The number of hydrogen-bond donors (Lipinski definition) is 1. The van der Waals surface area contributed by atoms with Crippen LogP contribution in [0.5, 0.6) is 5.88 Å². The molecule has 28 heavy (non-hydrogen) atoms. The summed E-state index contributed by atoms with van der Waals surface area (Å²) in [7, 11) is 0. The van der Waals surface area contributed by atoms with Gasteiger partial charge in [-0.1, -0.05) is 0 Å². The zero-order valence-electron chi connectivity index (χ0n) is 14.7. The molecule has 1 amide bonds. The first-order valence-electron chi connectivity index (χ1n) is 8.82. The fourth-order valence-corrected chi connectivity index (χ4v) is 3.13.